The summed E-state index contributed by atoms with van der Waals surface area (Å²) in [5, 5.41) is 5.18. The Kier molecular flexibility index (Phi) is 8.18. The molecule has 35 heavy (non-hydrogen) atoms. The van der Waals surface area contributed by atoms with Crippen molar-refractivity contribution >= 4 is 17.4 Å². The fourth-order valence-electron chi connectivity index (χ4n) is 3.18. The molecule has 2 amide bonds. The Morgan fingerprint density at radius 1 is 0.971 bits per heavy atom. The van der Waals surface area contributed by atoms with Crippen LogP contribution in [0.3, 0.4) is 0 Å². The summed E-state index contributed by atoms with van der Waals surface area (Å²) in [6.45, 7) is 6.50. The second-order valence-electron chi connectivity index (χ2n) is 7.96. The normalized spacial score (nSPS) is 11.6. The van der Waals surface area contributed by atoms with Crippen molar-refractivity contribution < 1.29 is 32.2 Å². The highest BCUT2D eigenvalue weighted by Gasteiger charge is 2.31. The second kappa shape index (κ2) is 11.1. The summed E-state index contributed by atoms with van der Waals surface area (Å²) in [4.78, 5) is 16.7. The highest BCUT2D eigenvalue weighted by Crippen LogP contribution is 2.36. The number of alkyl halides is 3. The summed E-state index contributed by atoms with van der Waals surface area (Å²) < 4.78 is 52.8. The molecule has 0 saturated heterocycles. The van der Waals surface area contributed by atoms with E-state index < -0.39 is 23.7 Å². The average molecular weight is 489 g/mol. The summed E-state index contributed by atoms with van der Waals surface area (Å²) in [7, 11) is 0. The van der Waals surface area contributed by atoms with Gasteiger partial charge in [-0.2, -0.15) is 0 Å². The lowest BCUT2D eigenvalue weighted by molar-refractivity contribution is -0.274. The number of pyridine rings is 1. The van der Waals surface area contributed by atoms with E-state index in [1.54, 1.807) is 18.2 Å². The molecule has 0 fully saturated rings. The minimum absolute atomic E-state index is 0.162. The number of halogens is 3. The maximum absolute atomic E-state index is 12.5. The smallest absolute Gasteiger partial charge is 0.437 e. The van der Waals surface area contributed by atoms with Crippen LogP contribution in [0.5, 0.6) is 17.4 Å². The number of hydrogen-bond acceptors (Lipinski definition) is 5. The van der Waals surface area contributed by atoms with Gasteiger partial charge in [0.2, 0.25) is 5.88 Å². The SMILES string of the molecule is CCCOC(C)(C)c1ccccc1Oc1ncccc1NC(=O)Nc1ccc(OC(F)(F)F)cc1. The second-order valence-corrected chi connectivity index (χ2v) is 7.96. The number of amides is 2. The fourth-order valence-corrected chi connectivity index (χ4v) is 3.18. The van der Waals surface area contributed by atoms with E-state index in [1.165, 1.54) is 18.3 Å². The summed E-state index contributed by atoms with van der Waals surface area (Å²) in [5.41, 5.74) is 0.761. The van der Waals surface area contributed by atoms with Crippen LogP contribution in [0.25, 0.3) is 0 Å². The number of carbonyl (C=O) groups is 1. The van der Waals surface area contributed by atoms with Gasteiger partial charge in [-0.05, 0) is 62.7 Å². The van der Waals surface area contributed by atoms with Crippen LogP contribution in [0.4, 0.5) is 29.3 Å². The number of ether oxygens (including phenoxy) is 3. The number of benzene rings is 2. The van der Waals surface area contributed by atoms with Crippen molar-refractivity contribution in [1.82, 2.24) is 4.98 Å². The molecule has 2 N–H and O–H groups in total. The summed E-state index contributed by atoms with van der Waals surface area (Å²) in [6, 6.07) is 14.8. The van der Waals surface area contributed by atoms with Crippen molar-refractivity contribution in [2.24, 2.45) is 0 Å². The van der Waals surface area contributed by atoms with Gasteiger partial charge >= 0.3 is 12.4 Å². The van der Waals surface area contributed by atoms with E-state index in [-0.39, 0.29) is 11.6 Å². The molecular weight excluding hydrogens is 463 g/mol. The van der Waals surface area contributed by atoms with Gasteiger partial charge in [0, 0.05) is 24.1 Å². The zero-order chi connectivity index (χ0) is 25.5. The number of nitrogens with one attached hydrogen (secondary N) is 2. The van der Waals surface area contributed by atoms with Crippen LogP contribution in [0.1, 0.15) is 32.8 Å². The number of hydrogen-bond donors (Lipinski definition) is 2. The fraction of sp³-hybridized carbons (Fsp3) is 0.280. The highest BCUT2D eigenvalue weighted by molar-refractivity contribution is 6.00. The first-order valence-electron chi connectivity index (χ1n) is 10.9. The first kappa shape index (κ1) is 25.8. The number of nitrogens with zero attached hydrogens (tertiary/aromatic N) is 1. The molecule has 0 spiro atoms. The number of urea groups is 1. The number of carbonyl (C=O) groups excluding carboxylic acids is 1. The molecule has 3 aromatic rings. The molecule has 0 aliphatic heterocycles. The number of anilines is 2. The minimum atomic E-state index is -4.79. The third-order valence-corrected chi connectivity index (χ3v) is 4.77. The van der Waals surface area contributed by atoms with Crippen molar-refractivity contribution in [3.05, 3.63) is 72.4 Å². The molecule has 2 aromatic carbocycles. The maximum atomic E-state index is 12.5. The molecule has 0 atom stereocenters. The Bertz CT molecular complexity index is 1140. The summed E-state index contributed by atoms with van der Waals surface area (Å²) >= 11 is 0. The van der Waals surface area contributed by atoms with E-state index in [0.717, 1.165) is 24.1 Å². The first-order valence-corrected chi connectivity index (χ1v) is 10.9. The Labute approximate surface area is 201 Å². The molecule has 186 valence electrons. The molecule has 0 aliphatic carbocycles. The van der Waals surface area contributed by atoms with E-state index in [2.05, 4.69) is 20.4 Å². The van der Waals surface area contributed by atoms with E-state index in [9.17, 15) is 18.0 Å². The van der Waals surface area contributed by atoms with Crippen LogP contribution >= 0.6 is 0 Å². The van der Waals surface area contributed by atoms with Crippen molar-refractivity contribution in [2.45, 2.75) is 39.2 Å². The lowest BCUT2D eigenvalue weighted by Crippen LogP contribution is -2.23. The predicted molar refractivity (Wildman–Crippen MR) is 126 cm³/mol. The van der Waals surface area contributed by atoms with Crippen molar-refractivity contribution in [3.63, 3.8) is 0 Å². The van der Waals surface area contributed by atoms with E-state index in [0.29, 0.717) is 18.0 Å². The maximum Gasteiger partial charge on any atom is 0.573 e. The van der Waals surface area contributed by atoms with Gasteiger partial charge in [-0.1, -0.05) is 25.1 Å². The van der Waals surface area contributed by atoms with E-state index >= 15 is 0 Å². The van der Waals surface area contributed by atoms with Crippen molar-refractivity contribution in [3.8, 4) is 17.4 Å². The Morgan fingerprint density at radius 3 is 2.37 bits per heavy atom. The minimum Gasteiger partial charge on any atom is -0.437 e. The summed E-state index contributed by atoms with van der Waals surface area (Å²) in [6.07, 6.45) is -2.40. The standard InChI is InChI=1S/C25H26F3N3O4/c1-4-16-33-24(2,3)19-8-5-6-10-21(19)34-22-20(9-7-15-29-22)31-23(32)30-17-11-13-18(14-12-17)35-25(26,27)28/h5-15H,4,16H2,1-3H3,(H2,30,31,32). The zero-order valence-electron chi connectivity index (χ0n) is 19.5. The van der Waals surface area contributed by atoms with E-state index in [4.69, 9.17) is 9.47 Å². The first-order chi connectivity index (χ1) is 16.6. The van der Waals surface area contributed by atoms with Crippen LogP contribution in [0, 0.1) is 0 Å². The van der Waals surface area contributed by atoms with Gasteiger partial charge in [-0.25, -0.2) is 9.78 Å². The van der Waals surface area contributed by atoms with Crippen LogP contribution < -0.4 is 20.1 Å². The number of rotatable bonds is 9. The lowest BCUT2D eigenvalue weighted by atomic mass is 9.97. The van der Waals surface area contributed by atoms with Gasteiger partial charge in [0.05, 0.1) is 5.60 Å². The highest BCUT2D eigenvalue weighted by atomic mass is 19.4. The van der Waals surface area contributed by atoms with Gasteiger partial charge < -0.3 is 24.8 Å². The van der Waals surface area contributed by atoms with Gasteiger partial charge in [0.25, 0.3) is 0 Å². The van der Waals surface area contributed by atoms with Gasteiger partial charge in [-0.15, -0.1) is 13.2 Å². The largest absolute Gasteiger partial charge is 0.573 e. The Morgan fingerprint density at radius 2 is 1.69 bits per heavy atom. The Hall–Kier alpha value is -3.79. The monoisotopic (exact) mass is 489 g/mol. The Balaban J connectivity index is 1.72. The van der Waals surface area contributed by atoms with Crippen LogP contribution in [0.15, 0.2) is 66.9 Å². The molecule has 7 nitrogen and oxygen atoms in total. The molecule has 0 unspecified atom stereocenters. The average Bonchev–Trinajstić information content (AvgIpc) is 2.80. The molecule has 1 heterocycles. The van der Waals surface area contributed by atoms with E-state index in [1.807, 2.05) is 39.0 Å². The van der Waals surface area contributed by atoms with Crippen LogP contribution in [0.2, 0.25) is 0 Å². The van der Waals surface area contributed by atoms with Crippen molar-refractivity contribution in [2.75, 3.05) is 17.2 Å². The van der Waals surface area contributed by atoms with Gasteiger partial charge in [0.1, 0.15) is 17.2 Å². The van der Waals surface area contributed by atoms with Crippen molar-refractivity contribution in [1.29, 1.82) is 0 Å². The molecular formula is C25H26F3N3O4. The molecule has 1 aromatic heterocycles. The lowest BCUT2D eigenvalue weighted by Gasteiger charge is -2.27. The zero-order valence-corrected chi connectivity index (χ0v) is 19.5. The quantitative estimate of drug-likeness (QED) is 0.336. The topological polar surface area (TPSA) is 81.7 Å². The molecule has 0 saturated carbocycles. The van der Waals surface area contributed by atoms with Gasteiger partial charge in [-0.3, -0.25) is 0 Å². The number of para-hydroxylation sites is 1. The van der Waals surface area contributed by atoms with Gasteiger partial charge in [0.15, 0.2) is 0 Å². The molecule has 0 bridgehead atoms. The van der Waals surface area contributed by atoms with Crippen LogP contribution in [-0.4, -0.2) is 24.0 Å². The third-order valence-electron chi connectivity index (χ3n) is 4.77. The number of aromatic nitrogens is 1. The van der Waals surface area contributed by atoms with Crippen LogP contribution in [-0.2, 0) is 10.3 Å². The molecule has 0 radical (unpaired) electrons. The molecule has 0 aliphatic rings. The third kappa shape index (κ3) is 7.61. The molecule has 3 rings (SSSR count). The summed E-state index contributed by atoms with van der Waals surface area (Å²) in [5.74, 6) is 0.294. The predicted octanol–water partition coefficient (Wildman–Crippen LogP) is 7.08. The molecule has 10 heteroatoms.